The molecule has 2 aromatic rings. The molecule has 0 bridgehead atoms. The van der Waals surface area contributed by atoms with Crippen molar-refractivity contribution in [1.82, 2.24) is 10.2 Å². The van der Waals surface area contributed by atoms with Gasteiger partial charge in [-0.2, -0.15) is 0 Å². The number of benzene rings is 1. The quantitative estimate of drug-likeness (QED) is 0.649. The summed E-state index contributed by atoms with van der Waals surface area (Å²) in [6.07, 6.45) is 0. The molecule has 2 amide bonds. The van der Waals surface area contributed by atoms with Gasteiger partial charge >= 0.3 is 6.03 Å². The van der Waals surface area contributed by atoms with Crippen LogP contribution in [0, 0.1) is 11.8 Å². The number of amides is 2. The number of nitrogens with one attached hydrogen (secondary N) is 2. The van der Waals surface area contributed by atoms with Crippen LogP contribution in [0.15, 0.2) is 28.7 Å². The number of carbonyl (C=O) groups is 1. The fourth-order valence-electron chi connectivity index (χ4n) is 2.32. The van der Waals surface area contributed by atoms with Gasteiger partial charge in [-0.15, -0.1) is 10.2 Å². The molecule has 0 unspecified atom stereocenters. The standard InChI is InChI=1S/C17H24BrN5OS/c1-11(2)9-23(10-12(3)4)17-22-21-16(25-17)20-15(24)19-14-8-6-5-7-13(14)18/h5-8,11-12H,9-10H2,1-4H3,(H2,19,20,21,24). The molecule has 136 valence electrons. The smallest absolute Gasteiger partial charge is 0.325 e. The normalized spacial score (nSPS) is 11.0. The molecule has 0 fully saturated rings. The first-order chi connectivity index (χ1) is 11.8. The van der Waals surface area contributed by atoms with Crippen molar-refractivity contribution in [3.8, 4) is 0 Å². The number of aromatic nitrogens is 2. The number of urea groups is 1. The Balaban J connectivity index is 2.01. The highest BCUT2D eigenvalue weighted by molar-refractivity contribution is 9.10. The van der Waals surface area contributed by atoms with Crippen LogP contribution in [0.1, 0.15) is 27.7 Å². The molecule has 6 nitrogen and oxygen atoms in total. The predicted molar refractivity (Wildman–Crippen MR) is 109 cm³/mol. The number of hydrogen-bond acceptors (Lipinski definition) is 5. The van der Waals surface area contributed by atoms with E-state index in [0.29, 0.717) is 22.7 Å². The molecule has 25 heavy (non-hydrogen) atoms. The van der Waals surface area contributed by atoms with E-state index in [-0.39, 0.29) is 6.03 Å². The van der Waals surface area contributed by atoms with Crippen LogP contribution in [-0.4, -0.2) is 29.3 Å². The van der Waals surface area contributed by atoms with Crippen LogP contribution < -0.4 is 15.5 Å². The molecule has 2 N–H and O–H groups in total. The number of para-hydroxylation sites is 1. The Morgan fingerprint density at radius 2 is 1.76 bits per heavy atom. The summed E-state index contributed by atoms with van der Waals surface area (Å²) in [7, 11) is 0. The average Bonchev–Trinajstić information content (AvgIpc) is 2.96. The summed E-state index contributed by atoms with van der Waals surface area (Å²) in [6.45, 7) is 10.5. The third-order valence-electron chi connectivity index (χ3n) is 3.20. The second kappa shape index (κ2) is 9.15. The molecule has 0 aliphatic carbocycles. The highest BCUT2D eigenvalue weighted by Gasteiger charge is 2.16. The molecule has 0 aliphatic rings. The lowest BCUT2D eigenvalue weighted by Crippen LogP contribution is -2.31. The topological polar surface area (TPSA) is 70.2 Å². The van der Waals surface area contributed by atoms with Gasteiger partial charge in [0.25, 0.3) is 0 Å². The summed E-state index contributed by atoms with van der Waals surface area (Å²) in [6, 6.07) is 7.10. The van der Waals surface area contributed by atoms with Crippen molar-refractivity contribution < 1.29 is 4.79 Å². The monoisotopic (exact) mass is 425 g/mol. The number of hydrogen-bond donors (Lipinski definition) is 2. The lowest BCUT2D eigenvalue weighted by Gasteiger charge is -2.25. The fourth-order valence-corrected chi connectivity index (χ4v) is 3.46. The van der Waals surface area contributed by atoms with E-state index in [1.807, 2.05) is 24.3 Å². The van der Waals surface area contributed by atoms with Gasteiger partial charge in [0, 0.05) is 17.6 Å². The molecule has 1 heterocycles. The predicted octanol–water partition coefficient (Wildman–Crippen LogP) is 5.06. The molecule has 1 aromatic heterocycles. The molecular formula is C17H24BrN5OS. The van der Waals surface area contributed by atoms with Crippen LogP contribution in [0.4, 0.5) is 20.7 Å². The van der Waals surface area contributed by atoms with Crippen LogP contribution in [0.25, 0.3) is 0 Å². The van der Waals surface area contributed by atoms with E-state index in [2.05, 4.69) is 69.4 Å². The van der Waals surface area contributed by atoms with Crippen LogP contribution >= 0.6 is 27.3 Å². The van der Waals surface area contributed by atoms with Crippen molar-refractivity contribution in [2.75, 3.05) is 28.6 Å². The lowest BCUT2D eigenvalue weighted by atomic mass is 10.1. The Kier molecular flexibility index (Phi) is 7.19. The van der Waals surface area contributed by atoms with E-state index in [9.17, 15) is 4.79 Å². The maximum absolute atomic E-state index is 12.2. The first-order valence-electron chi connectivity index (χ1n) is 8.26. The number of anilines is 3. The second-order valence-corrected chi connectivity index (χ2v) is 8.45. The second-order valence-electron chi connectivity index (χ2n) is 6.64. The van der Waals surface area contributed by atoms with Crippen molar-refractivity contribution in [2.45, 2.75) is 27.7 Å². The number of rotatable bonds is 7. The first kappa shape index (κ1) is 19.7. The molecule has 8 heteroatoms. The van der Waals surface area contributed by atoms with Gasteiger partial charge in [0.1, 0.15) is 0 Å². The molecule has 0 aliphatic heterocycles. The van der Waals surface area contributed by atoms with E-state index in [1.54, 1.807) is 0 Å². The molecule has 2 rings (SSSR count). The maximum Gasteiger partial charge on any atom is 0.325 e. The van der Waals surface area contributed by atoms with Gasteiger partial charge < -0.3 is 10.2 Å². The van der Waals surface area contributed by atoms with E-state index in [0.717, 1.165) is 22.7 Å². The van der Waals surface area contributed by atoms with Gasteiger partial charge in [-0.05, 0) is 39.9 Å². The van der Waals surface area contributed by atoms with Crippen molar-refractivity contribution in [3.63, 3.8) is 0 Å². The van der Waals surface area contributed by atoms with Gasteiger partial charge in [0.2, 0.25) is 10.3 Å². The van der Waals surface area contributed by atoms with Gasteiger partial charge in [-0.1, -0.05) is 51.2 Å². The van der Waals surface area contributed by atoms with Crippen molar-refractivity contribution >= 4 is 49.2 Å². The maximum atomic E-state index is 12.2. The van der Waals surface area contributed by atoms with Crippen LogP contribution in [-0.2, 0) is 0 Å². The number of halogens is 1. The molecule has 0 radical (unpaired) electrons. The Bertz CT molecular complexity index is 694. The Labute approximate surface area is 161 Å². The zero-order valence-corrected chi connectivity index (χ0v) is 17.3. The van der Waals surface area contributed by atoms with E-state index in [4.69, 9.17) is 0 Å². The third kappa shape index (κ3) is 6.28. The lowest BCUT2D eigenvalue weighted by molar-refractivity contribution is 0.262. The van der Waals surface area contributed by atoms with Gasteiger partial charge in [0.15, 0.2) is 0 Å². The van der Waals surface area contributed by atoms with E-state index < -0.39 is 0 Å². The molecule has 0 spiro atoms. The number of carbonyl (C=O) groups excluding carboxylic acids is 1. The Morgan fingerprint density at radius 1 is 1.12 bits per heavy atom. The summed E-state index contributed by atoms with van der Waals surface area (Å²) in [5.41, 5.74) is 0.700. The van der Waals surface area contributed by atoms with Crippen molar-refractivity contribution in [3.05, 3.63) is 28.7 Å². The van der Waals surface area contributed by atoms with Crippen molar-refractivity contribution in [2.24, 2.45) is 11.8 Å². The summed E-state index contributed by atoms with van der Waals surface area (Å²) >= 11 is 4.79. The summed E-state index contributed by atoms with van der Waals surface area (Å²) in [5, 5.41) is 15.2. The minimum absolute atomic E-state index is 0.339. The molecule has 0 atom stereocenters. The highest BCUT2D eigenvalue weighted by Crippen LogP contribution is 2.26. The summed E-state index contributed by atoms with van der Waals surface area (Å²) in [4.78, 5) is 14.4. The van der Waals surface area contributed by atoms with Gasteiger partial charge in [0.05, 0.1) is 5.69 Å². The summed E-state index contributed by atoms with van der Waals surface area (Å²) < 4.78 is 0.822. The zero-order valence-electron chi connectivity index (χ0n) is 14.9. The molecule has 0 saturated carbocycles. The highest BCUT2D eigenvalue weighted by atomic mass is 79.9. The van der Waals surface area contributed by atoms with Crippen molar-refractivity contribution in [1.29, 1.82) is 0 Å². The van der Waals surface area contributed by atoms with E-state index >= 15 is 0 Å². The molecule has 0 saturated heterocycles. The first-order valence-corrected chi connectivity index (χ1v) is 9.87. The summed E-state index contributed by atoms with van der Waals surface area (Å²) in [5.74, 6) is 1.05. The van der Waals surface area contributed by atoms with Crippen LogP contribution in [0.3, 0.4) is 0 Å². The largest absolute Gasteiger partial charge is 0.346 e. The third-order valence-corrected chi connectivity index (χ3v) is 4.79. The average molecular weight is 426 g/mol. The Hall–Kier alpha value is -1.67. The number of nitrogens with zero attached hydrogens (tertiary/aromatic N) is 3. The van der Waals surface area contributed by atoms with Crippen LogP contribution in [0.2, 0.25) is 0 Å². The molecule has 1 aromatic carbocycles. The van der Waals surface area contributed by atoms with Gasteiger partial charge in [-0.3, -0.25) is 5.32 Å². The minimum Gasteiger partial charge on any atom is -0.346 e. The van der Waals surface area contributed by atoms with Crippen LogP contribution in [0.5, 0.6) is 0 Å². The SMILES string of the molecule is CC(C)CN(CC(C)C)c1nnc(NC(=O)Nc2ccccc2Br)s1. The Morgan fingerprint density at radius 3 is 2.36 bits per heavy atom. The minimum atomic E-state index is -0.339. The fraction of sp³-hybridized carbons (Fsp3) is 0.471. The zero-order chi connectivity index (χ0) is 18.4. The van der Waals surface area contributed by atoms with Gasteiger partial charge in [-0.25, -0.2) is 4.79 Å². The van der Waals surface area contributed by atoms with E-state index in [1.165, 1.54) is 11.3 Å². The molecular weight excluding hydrogens is 402 g/mol.